The number of carbonyl (C=O) groups is 2. The van der Waals surface area contributed by atoms with Crippen molar-refractivity contribution in [3.05, 3.63) is 11.6 Å². The number of aliphatic hydroxyl groups excluding tert-OH is 1. The first-order chi connectivity index (χ1) is 12.7. The molecule has 0 saturated carbocycles. The predicted octanol–water partition coefficient (Wildman–Crippen LogP) is 0.923. The van der Waals surface area contributed by atoms with Crippen LogP contribution in [0.3, 0.4) is 0 Å². The van der Waals surface area contributed by atoms with Crippen molar-refractivity contribution >= 4 is 28.3 Å². The fraction of sp³-hybridized carbons (Fsp3) is 0.706. The second-order valence-electron chi connectivity index (χ2n) is 6.65. The molecule has 0 spiro atoms. The first-order valence-corrected chi connectivity index (χ1v) is 9.87. The summed E-state index contributed by atoms with van der Waals surface area (Å²) in [6.45, 7) is 1.03. The average Bonchev–Trinajstić information content (AvgIpc) is 3.16. The lowest BCUT2D eigenvalue weighted by molar-refractivity contribution is -0.137. The number of aliphatic hydroxyl groups is 1. The summed E-state index contributed by atoms with van der Waals surface area (Å²) in [5.74, 6) is -0.198. The van der Waals surface area contributed by atoms with Crippen molar-refractivity contribution in [1.29, 1.82) is 0 Å². The summed E-state index contributed by atoms with van der Waals surface area (Å²) < 4.78 is 11.1. The third kappa shape index (κ3) is 5.23. The highest BCUT2D eigenvalue weighted by Gasteiger charge is 2.34. The highest BCUT2D eigenvalue weighted by Crippen LogP contribution is 2.24. The molecule has 144 valence electrons. The molecule has 2 aliphatic rings. The van der Waals surface area contributed by atoms with E-state index in [9.17, 15) is 14.7 Å². The van der Waals surface area contributed by atoms with Gasteiger partial charge in [-0.1, -0.05) is 0 Å². The zero-order chi connectivity index (χ0) is 18.4. The van der Waals surface area contributed by atoms with Gasteiger partial charge in [0.25, 0.3) is 0 Å². The predicted molar refractivity (Wildman–Crippen MR) is 95.8 cm³/mol. The minimum Gasteiger partial charge on any atom is -0.394 e. The SMILES string of the molecule is O=C(C[C@H]1CC[C@@H](NC(=O)C2CCOCC2)[C@@H](CO)O1)Nc1nccs1. The smallest absolute Gasteiger partial charge is 0.228 e. The van der Waals surface area contributed by atoms with Gasteiger partial charge in [0.1, 0.15) is 6.10 Å². The van der Waals surface area contributed by atoms with Gasteiger partial charge in [-0.25, -0.2) is 4.98 Å². The third-order valence-corrected chi connectivity index (χ3v) is 5.50. The third-order valence-electron chi connectivity index (χ3n) is 4.81. The van der Waals surface area contributed by atoms with Gasteiger partial charge in [-0.2, -0.15) is 0 Å². The molecule has 0 aromatic carbocycles. The number of nitrogens with zero attached hydrogens (tertiary/aromatic N) is 1. The maximum atomic E-state index is 12.4. The highest BCUT2D eigenvalue weighted by atomic mass is 32.1. The van der Waals surface area contributed by atoms with Crippen LogP contribution in [-0.4, -0.2) is 60.0 Å². The quantitative estimate of drug-likeness (QED) is 0.674. The molecule has 1 aromatic heterocycles. The lowest BCUT2D eigenvalue weighted by Crippen LogP contribution is -2.52. The Morgan fingerprint density at radius 2 is 2.08 bits per heavy atom. The van der Waals surface area contributed by atoms with Crippen LogP contribution < -0.4 is 10.6 Å². The summed E-state index contributed by atoms with van der Waals surface area (Å²) in [6, 6.07) is -0.228. The summed E-state index contributed by atoms with van der Waals surface area (Å²) in [5.41, 5.74) is 0. The highest BCUT2D eigenvalue weighted by molar-refractivity contribution is 7.13. The molecular weight excluding hydrogens is 358 g/mol. The molecule has 3 N–H and O–H groups in total. The van der Waals surface area contributed by atoms with Gasteiger partial charge >= 0.3 is 0 Å². The lowest BCUT2D eigenvalue weighted by Gasteiger charge is -2.36. The molecule has 9 heteroatoms. The summed E-state index contributed by atoms with van der Waals surface area (Å²) >= 11 is 1.36. The fourth-order valence-electron chi connectivity index (χ4n) is 3.37. The van der Waals surface area contributed by atoms with Gasteiger partial charge in [0.15, 0.2) is 5.13 Å². The van der Waals surface area contributed by atoms with Gasteiger partial charge < -0.3 is 25.2 Å². The summed E-state index contributed by atoms with van der Waals surface area (Å²) in [6.07, 6.45) is 3.84. The summed E-state index contributed by atoms with van der Waals surface area (Å²) in [5, 5.41) is 17.7. The Bertz CT molecular complexity index is 591. The average molecular weight is 383 g/mol. The molecule has 3 heterocycles. The monoisotopic (exact) mass is 383 g/mol. The van der Waals surface area contributed by atoms with Crippen LogP contribution in [0.2, 0.25) is 0 Å². The Hall–Kier alpha value is -1.55. The molecule has 0 unspecified atom stereocenters. The zero-order valence-electron chi connectivity index (χ0n) is 14.6. The Morgan fingerprint density at radius 3 is 2.77 bits per heavy atom. The van der Waals surface area contributed by atoms with Crippen LogP contribution in [0.4, 0.5) is 5.13 Å². The maximum Gasteiger partial charge on any atom is 0.228 e. The Kier molecular flexibility index (Phi) is 6.95. The number of hydrogen-bond acceptors (Lipinski definition) is 7. The van der Waals surface area contributed by atoms with E-state index in [1.165, 1.54) is 11.3 Å². The molecule has 2 fully saturated rings. The van der Waals surface area contributed by atoms with Gasteiger partial charge in [0, 0.05) is 30.7 Å². The van der Waals surface area contributed by atoms with Crippen LogP contribution in [0.15, 0.2) is 11.6 Å². The van der Waals surface area contributed by atoms with E-state index in [0.29, 0.717) is 31.2 Å². The van der Waals surface area contributed by atoms with Gasteiger partial charge in [-0.15, -0.1) is 11.3 Å². The first kappa shape index (κ1) is 19.2. The number of thiazole rings is 1. The molecule has 0 bridgehead atoms. The van der Waals surface area contributed by atoms with E-state index < -0.39 is 6.10 Å². The van der Waals surface area contributed by atoms with E-state index in [1.807, 2.05) is 0 Å². The van der Waals surface area contributed by atoms with Crippen LogP contribution in [0.1, 0.15) is 32.1 Å². The van der Waals surface area contributed by atoms with Crippen LogP contribution in [0.25, 0.3) is 0 Å². The molecule has 2 saturated heterocycles. The van der Waals surface area contributed by atoms with E-state index in [-0.39, 0.29) is 42.9 Å². The maximum absolute atomic E-state index is 12.4. The number of hydrogen-bond donors (Lipinski definition) is 3. The second kappa shape index (κ2) is 9.40. The van der Waals surface area contributed by atoms with Crippen molar-refractivity contribution in [2.75, 3.05) is 25.1 Å². The Balaban J connectivity index is 1.46. The molecule has 0 aliphatic carbocycles. The molecule has 1 aromatic rings. The van der Waals surface area contributed by atoms with E-state index in [0.717, 1.165) is 12.8 Å². The minimum atomic E-state index is -0.495. The first-order valence-electron chi connectivity index (χ1n) is 8.99. The number of carbonyl (C=O) groups excluding carboxylic acids is 2. The van der Waals surface area contributed by atoms with Gasteiger partial charge in [0.2, 0.25) is 11.8 Å². The largest absolute Gasteiger partial charge is 0.394 e. The minimum absolute atomic E-state index is 0.000290. The lowest BCUT2D eigenvalue weighted by atomic mass is 9.94. The van der Waals surface area contributed by atoms with Crippen LogP contribution >= 0.6 is 11.3 Å². The summed E-state index contributed by atoms with van der Waals surface area (Å²) in [4.78, 5) is 28.5. The van der Waals surface area contributed by atoms with Gasteiger partial charge in [0.05, 0.1) is 25.2 Å². The topological polar surface area (TPSA) is 110 Å². The van der Waals surface area contributed by atoms with Gasteiger partial charge in [-0.05, 0) is 25.7 Å². The molecule has 0 radical (unpaired) electrons. The number of amides is 2. The van der Waals surface area contributed by atoms with Crippen LogP contribution in [0.5, 0.6) is 0 Å². The van der Waals surface area contributed by atoms with Gasteiger partial charge in [-0.3, -0.25) is 9.59 Å². The normalized spacial score (nSPS) is 27.0. The Labute approximate surface area is 156 Å². The second-order valence-corrected chi connectivity index (χ2v) is 7.54. The van der Waals surface area contributed by atoms with E-state index in [2.05, 4.69) is 15.6 Å². The number of anilines is 1. The van der Waals surface area contributed by atoms with Crippen molar-refractivity contribution in [2.24, 2.45) is 5.92 Å². The molecule has 2 amide bonds. The van der Waals surface area contributed by atoms with E-state index >= 15 is 0 Å². The molecule has 8 nitrogen and oxygen atoms in total. The Morgan fingerprint density at radius 1 is 1.27 bits per heavy atom. The van der Waals surface area contributed by atoms with Crippen molar-refractivity contribution in [2.45, 2.75) is 50.4 Å². The van der Waals surface area contributed by atoms with Crippen LogP contribution in [0, 0.1) is 5.92 Å². The molecule has 2 aliphatic heterocycles. The molecular formula is C17H25N3O5S. The zero-order valence-corrected chi connectivity index (χ0v) is 15.4. The standard InChI is InChI=1S/C17H25N3O5S/c21-10-14-13(19-16(23)11-3-6-24-7-4-11)2-1-12(25-14)9-15(22)20-17-18-5-8-26-17/h5,8,11-14,21H,1-4,6-7,9-10H2,(H,19,23)(H,18,20,22)/t12-,13-,14-/m1/s1. The van der Waals surface area contributed by atoms with Crippen LogP contribution in [-0.2, 0) is 19.1 Å². The van der Waals surface area contributed by atoms with Crippen molar-refractivity contribution in [1.82, 2.24) is 10.3 Å². The van der Waals surface area contributed by atoms with E-state index in [1.54, 1.807) is 11.6 Å². The molecule has 3 atom stereocenters. The number of ether oxygens (including phenoxy) is 2. The fourth-order valence-corrected chi connectivity index (χ4v) is 3.91. The van der Waals surface area contributed by atoms with Crippen molar-refractivity contribution in [3.8, 4) is 0 Å². The summed E-state index contributed by atoms with van der Waals surface area (Å²) in [7, 11) is 0. The number of rotatable bonds is 6. The molecule has 26 heavy (non-hydrogen) atoms. The molecule has 3 rings (SSSR count). The van der Waals surface area contributed by atoms with Crippen molar-refractivity contribution < 1.29 is 24.2 Å². The van der Waals surface area contributed by atoms with E-state index in [4.69, 9.17) is 9.47 Å². The number of nitrogens with one attached hydrogen (secondary N) is 2. The van der Waals surface area contributed by atoms with Crippen molar-refractivity contribution in [3.63, 3.8) is 0 Å². The number of aromatic nitrogens is 1.